The van der Waals surface area contributed by atoms with Crippen molar-refractivity contribution in [2.24, 2.45) is 0 Å². The molecule has 0 radical (unpaired) electrons. The van der Waals surface area contributed by atoms with Gasteiger partial charge in [-0.3, -0.25) is 0 Å². The monoisotopic (exact) mass is 421 g/mol. The number of aromatic nitrogens is 2. The van der Waals surface area contributed by atoms with E-state index in [1.165, 1.54) is 18.3 Å². The van der Waals surface area contributed by atoms with E-state index in [1.54, 1.807) is 16.8 Å². The number of hydrogen-bond donors (Lipinski definition) is 1. The minimum Gasteiger partial charge on any atom is -0.239 e. The van der Waals surface area contributed by atoms with Crippen LogP contribution < -0.4 is 4.72 Å². The van der Waals surface area contributed by atoms with Crippen LogP contribution in [0.5, 0.6) is 0 Å². The number of sulfonamides is 1. The van der Waals surface area contributed by atoms with Crippen molar-refractivity contribution >= 4 is 10.0 Å². The summed E-state index contributed by atoms with van der Waals surface area (Å²) in [6.07, 6.45) is 1.98. The van der Waals surface area contributed by atoms with E-state index in [1.807, 2.05) is 60.7 Å². The molecule has 0 unspecified atom stereocenters. The van der Waals surface area contributed by atoms with E-state index in [4.69, 9.17) is 0 Å². The van der Waals surface area contributed by atoms with Gasteiger partial charge in [0.2, 0.25) is 10.0 Å². The van der Waals surface area contributed by atoms with Crippen LogP contribution in [-0.4, -0.2) is 24.7 Å². The molecule has 0 atom stereocenters. The molecule has 0 aliphatic carbocycles. The SMILES string of the molecule is O=S(=O)(NCCc1ccc(F)cc1)c1cn(-c2ccccc2)nc1-c1ccccc1. The van der Waals surface area contributed by atoms with E-state index in [2.05, 4.69) is 9.82 Å². The first-order valence-electron chi connectivity index (χ1n) is 9.47. The minimum absolute atomic E-state index is 0.108. The summed E-state index contributed by atoms with van der Waals surface area (Å²) in [6.45, 7) is 0.193. The molecule has 0 aliphatic heterocycles. The molecule has 0 spiro atoms. The molecule has 1 N–H and O–H groups in total. The van der Waals surface area contributed by atoms with Crippen LogP contribution in [0.15, 0.2) is 96.0 Å². The van der Waals surface area contributed by atoms with Gasteiger partial charge >= 0.3 is 0 Å². The Labute approximate surface area is 174 Å². The number of nitrogens with one attached hydrogen (secondary N) is 1. The number of rotatable bonds is 7. The Morgan fingerprint density at radius 2 is 1.50 bits per heavy atom. The third-order valence-corrected chi connectivity index (χ3v) is 6.12. The Bertz CT molecular complexity index is 1220. The summed E-state index contributed by atoms with van der Waals surface area (Å²) in [5.41, 5.74) is 2.71. The van der Waals surface area contributed by atoms with Crippen LogP contribution in [-0.2, 0) is 16.4 Å². The number of halogens is 1. The highest BCUT2D eigenvalue weighted by atomic mass is 32.2. The van der Waals surface area contributed by atoms with E-state index in [9.17, 15) is 12.8 Å². The Morgan fingerprint density at radius 3 is 2.17 bits per heavy atom. The highest BCUT2D eigenvalue weighted by Gasteiger charge is 2.23. The average molecular weight is 421 g/mol. The quantitative estimate of drug-likeness (QED) is 0.486. The predicted molar refractivity (Wildman–Crippen MR) is 114 cm³/mol. The molecule has 30 heavy (non-hydrogen) atoms. The zero-order chi connectivity index (χ0) is 21.0. The molecule has 0 bridgehead atoms. The molecular weight excluding hydrogens is 401 g/mol. The van der Waals surface area contributed by atoms with E-state index < -0.39 is 10.0 Å². The molecule has 0 saturated carbocycles. The van der Waals surface area contributed by atoms with E-state index in [0.29, 0.717) is 17.7 Å². The van der Waals surface area contributed by atoms with Crippen molar-refractivity contribution in [2.45, 2.75) is 11.3 Å². The molecule has 1 heterocycles. The fourth-order valence-electron chi connectivity index (χ4n) is 3.12. The highest BCUT2D eigenvalue weighted by molar-refractivity contribution is 7.89. The Balaban J connectivity index is 1.63. The maximum atomic E-state index is 13.1. The fourth-order valence-corrected chi connectivity index (χ4v) is 4.30. The summed E-state index contributed by atoms with van der Waals surface area (Å²) < 4.78 is 43.4. The molecule has 0 aliphatic rings. The third kappa shape index (κ3) is 4.48. The zero-order valence-electron chi connectivity index (χ0n) is 16.1. The van der Waals surface area contributed by atoms with Crippen LogP contribution in [0.25, 0.3) is 16.9 Å². The molecule has 0 amide bonds. The average Bonchev–Trinajstić information content (AvgIpc) is 3.23. The Morgan fingerprint density at radius 1 is 0.867 bits per heavy atom. The van der Waals surface area contributed by atoms with Gasteiger partial charge in [-0.15, -0.1) is 0 Å². The van der Waals surface area contributed by atoms with Gasteiger partial charge in [-0.25, -0.2) is 22.2 Å². The zero-order valence-corrected chi connectivity index (χ0v) is 16.9. The lowest BCUT2D eigenvalue weighted by Crippen LogP contribution is -2.26. The topological polar surface area (TPSA) is 64.0 Å². The summed E-state index contributed by atoms with van der Waals surface area (Å²) in [7, 11) is -3.81. The first kappa shape index (κ1) is 20.0. The van der Waals surface area contributed by atoms with Crippen molar-refractivity contribution in [1.82, 2.24) is 14.5 Å². The molecule has 5 nitrogen and oxygen atoms in total. The normalized spacial score (nSPS) is 11.5. The van der Waals surface area contributed by atoms with Crippen LogP contribution >= 0.6 is 0 Å². The lowest BCUT2D eigenvalue weighted by atomic mass is 10.1. The van der Waals surface area contributed by atoms with Gasteiger partial charge in [0.05, 0.1) is 11.9 Å². The molecule has 0 saturated heterocycles. The van der Waals surface area contributed by atoms with Gasteiger partial charge in [-0.05, 0) is 36.2 Å². The first-order valence-corrected chi connectivity index (χ1v) is 11.0. The summed E-state index contributed by atoms with van der Waals surface area (Å²) in [6, 6.07) is 24.6. The van der Waals surface area contributed by atoms with E-state index in [-0.39, 0.29) is 17.3 Å². The number of benzene rings is 3. The number of nitrogens with zero attached hydrogens (tertiary/aromatic N) is 2. The van der Waals surface area contributed by atoms with Crippen molar-refractivity contribution in [3.05, 3.63) is 103 Å². The van der Waals surface area contributed by atoms with Crippen LogP contribution in [0.4, 0.5) is 4.39 Å². The van der Waals surface area contributed by atoms with Gasteiger partial charge in [0, 0.05) is 12.1 Å². The van der Waals surface area contributed by atoms with Crippen molar-refractivity contribution in [3.63, 3.8) is 0 Å². The molecule has 0 fully saturated rings. The van der Waals surface area contributed by atoms with Crippen molar-refractivity contribution < 1.29 is 12.8 Å². The van der Waals surface area contributed by atoms with Crippen LogP contribution in [0.2, 0.25) is 0 Å². The minimum atomic E-state index is -3.81. The van der Waals surface area contributed by atoms with Gasteiger partial charge in [0.15, 0.2) is 0 Å². The second kappa shape index (κ2) is 8.61. The Kier molecular flexibility index (Phi) is 5.74. The largest absolute Gasteiger partial charge is 0.244 e. The predicted octanol–water partition coefficient (Wildman–Crippen LogP) is 4.20. The van der Waals surface area contributed by atoms with E-state index >= 15 is 0 Å². The van der Waals surface area contributed by atoms with Crippen molar-refractivity contribution in [3.8, 4) is 16.9 Å². The molecule has 7 heteroatoms. The van der Waals surface area contributed by atoms with Crippen LogP contribution in [0.3, 0.4) is 0 Å². The lowest BCUT2D eigenvalue weighted by molar-refractivity contribution is 0.581. The van der Waals surface area contributed by atoms with Crippen LogP contribution in [0.1, 0.15) is 5.56 Å². The highest BCUT2D eigenvalue weighted by Crippen LogP contribution is 2.27. The molecule has 152 valence electrons. The van der Waals surface area contributed by atoms with Crippen molar-refractivity contribution in [1.29, 1.82) is 0 Å². The van der Waals surface area contributed by atoms with Gasteiger partial charge in [0.1, 0.15) is 16.4 Å². The number of hydrogen-bond acceptors (Lipinski definition) is 3. The summed E-state index contributed by atoms with van der Waals surface area (Å²) in [4.78, 5) is 0.108. The summed E-state index contributed by atoms with van der Waals surface area (Å²) in [5, 5.41) is 4.55. The first-order chi connectivity index (χ1) is 14.5. The molecule has 4 rings (SSSR count). The van der Waals surface area contributed by atoms with Gasteiger partial charge in [-0.2, -0.15) is 5.10 Å². The molecular formula is C23H20FN3O2S. The van der Waals surface area contributed by atoms with E-state index in [0.717, 1.165) is 11.3 Å². The Hall–Kier alpha value is -3.29. The smallest absolute Gasteiger partial charge is 0.239 e. The van der Waals surface area contributed by atoms with Gasteiger partial charge in [0.25, 0.3) is 0 Å². The maximum absolute atomic E-state index is 13.1. The second-order valence-corrected chi connectivity index (χ2v) is 8.50. The van der Waals surface area contributed by atoms with Gasteiger partial charge < -0.3 is 0 Å². The molecule has 4 aromatic rings. The summed E-state index contributed by atoms with van der Waals surface area (Å²) in [5.74, 6) is -0.319. The van der Waals surface area contributed by atoms with Crippen molar-refractivity contribution in [2.75, 3.05) is 6.54 Å². The number of para-hydroxylation sites is 1. The third-order valence-electron chi connectivity index (χ3n) is 4.66. The maximum Gasteiger partial charge on any atom is 0.244 e. The van der Waals surface area contributed by atoms with Gasteiger partial charge in [-0.1, -0.05) is 60.7 Å². The standard InChI is InChI=1S/C23H20FN3O2S/c24-20-13-11-18(12-14-20)15-16-25-30(28,29)22-17-27(21-9-5-2-6-10-21)26-23(22)19-7-3-1-4-8-19/h1-14,17,25H,15-16H2. The fraction of sp³-hybridized carbons (Fsp3) is 0.0870. The van der Waals surface area contributed by atoms with Crippen LogP contribution in [0, 0.1) is 5.82 Å². The second-order valence-electron chi connectivity index (χ2n) is 6.76. The molecule has 1 aromatic heterocycles. The lowest BCUT2D eigenvalue weighted by Gasteiger charge is -2.07. The summed E-state index contributed by atoms with van der Waals surface area (Å²) >= 11 is 0. The molecule has 3 aromatic carbocycles.